The van der Waals surface area contributed by atoms with Crippen molar-refractivity contribution in [1.82, 2.24) is 14.6 Å². The molecule has 2 aromatic heterocycles. The normalized spacial score (nSPS) is 16.1. The van der Waals surface area contributed by atoms with Gasteiger partial charge in [-0.05, 0) is 42.8 Å². The van der Waals surface area contributed by atoms with Gasteiger partial charge in [-0.3, -0.25) is 9.59 Å². The van der Waals surface area contributed by atoms with Crippen LogP contribution in [0.1, 0.15) is 23.7 Å². The average Bonchev–Trinajstić information content (AvgIpc) is 3.02. The average molecular weight is 351 g/mol. The summed E-state index contributed by atoms with van der Waals surface area (Å²) in [6.45, 7) is 1.78. The fourth-order valence-corrected chi connectivity index (χ4v) is 3.13. The topological polar surface area (TPSA) is 97.6 Å². The second-order valence-electron chi connectivity index (χ2n) is 6.10. The van der Waals surface area contributed by atoms with Gasteiger partial charge < -0.3 is 15.4 Å². The molecule has 1 unspecified atom stereocenters. The number of fused-ring (bicyclic) bond motifs is 2. The van der Waals surface area contributed by atoms with Gasteiger partial charge in [-0.25, -0.2) is 9.50 Å². The maximum Gasteiger partial charge on any atom is 0.232 e. The number of carbonyl (C=O) groups is 2. The molecule has 3 heterocycles. The Hall–Kier alpha value is -3.42. The zero-order valence-corrected chi connectivity index (χ0v) is 14.3. The second kappa shape index (κ2) is 6.14. The van der Waals surface area contributed by atoms with E-state index in [-0.39, 0.29) is 18.2 Å². The number of rotatable bonds is 3. The maximum atomic E-state index is 12.9. The van der Waals surface area contributed by atoms with Crippen LogP contribution in [0.4, 0.5) is 11.4 Å². The predicted molar refractivity (Wildman–Crippen MR) is 95.3 cm³/mol. The Kier molecular flexibility index (Phi) is 3.80. The monoisotopic (exact) mass is 351 g/mol. The number of carbonyl (C=O) groups excluding carboxylic acids is 2. The molecule has 0 saturated carbocycles. The standard InChI is InChI=1S/C18H17N5O3/c1-10-19-17-15(4-3-7-23(17)22-10)21-18(25)13-9-16(24)20-14-6-5-11(26-2)8-12(13)14/h3-8,13H,9H2,1-2H3,(H,20,24)(H,21,25). The summed E-state index contributed by atoms with van der Waals surface area (Å²) in [7, 11) is 1.56. The molecule has 4 rings (SSSR count). The van der Waals surface area contributed by atoms with Crippen molar-refractivity contribution >= 4 is 28.8 Å². The van der Waals surface area contributed by atoms with E-state index in [0.717, 1.165) is 5.56 Å². The summed E-state index contributed by atoms with van der Waals surface area (Å²) in [6.07, 6.45) is 1.83. The lowest BCUT2D eigenvalue weighted by atomic mass is 9.89. The van der Waals surface area contributed by atoms with E-state index in [0.29, 0.717) is 28.6 Å². The number of anilines is 2. The first kappa shape index (κ1) is 16.1. The molecule has 3 aromatic rings. The molecule has 1 aliphatic rings. The lowest BCUT2D eigenvalue weighted by Gasteiger charge is -2.25. The smallest absolute Gasteiger partial charge is 0.232 e. The van der Waals surface area contributed by atoms with Crippen LogP contribution in [0.3, 0.4) is 0 Å². The predicted octanol–water partition coefficient (Wildman–Crippen LogP) is 2.11. The number of ether oxygens (including phenoxy) is 1. The summed E-state index contributed by atoms with van der Waals surface area (Å²) in [5.74, 6) is 0.160. The van der Waals surface area contributed by atoms with Gasteiger partial charge in [0.2, 0.25) is 11.8 Å². The molecule has 1 atom stereocenters. The summed E-state index contributed by atoms with van der Waals surface area (Å²) in [4.78, 5) is 29.3. The van der Waals surface area contributed by atoms with E-state index in [9.17, 15) is 9.59 Å². The highest BCUT2D eigenvalue weighted by molar-refractivity contribution is 6.06. The van der Waals surface area contributed by atoms with Crippen molar-refractivity contribution in [1.29, 1.82) is 0 Å². The lowest BCUT2D eigenvalue weighted by Crippen LogP contribution is -2.31. The Morgan fingerprint density at radius 3 is 3.04 bits per heavy atom. The van der Waals surface area contributed by atoms with Crippen LogP contribution >= 0.6 is 0 Å². The van der Waals surface area contributed by atoms with Crippen molar-refractivity contribution in [3.8, 4) is 5.75 Å². The van der Waals surface area contributed by atoms with Crippen LogP contribution in [0.25, 0.3) is 5.65 Å². The number of aryl methyl sites for hydroxylation is 1. The van der Waals surface area contributed by atoms with E-state index in [1.807, 2.05) is 0 Å². The maximum absolute atomic E-state index is 12.9. The number of hydrogen-bond acceptors (Lipinski definition) is 5. The van der Waals surface area contributed by atoms with Crippen LogP contribution in [0.2, 0.25) is 0 Å². The third kappa shape index (κ3) is 2.75. The highest BCUT2D eigenvalue weighted by Gasteiger charge is 2.31. The minimum atomic E-state index is -0.613. The van der Waals surface area contributed by atoms with Gasteiger partial charge in [0, 0.05) is 18.3 Å². The van der Waals surface area contributed by atoms with Crippen molar-refractivity contribution in [3.63, 3.8) is 0 Å². The van der Waals surface area contributed by atoms with Crippen molar-refractivity contribution in [2.24, 2.45) is 0 Å². The molecule has 0 radical (unpaired) electrons. The fourth-order valence-electron chi connectivity index (χ4n) is 3.13. The van der Waals surface area contributed by atoms with Crippen LogP contribution in [0, 0.1) is 6.92 Å². The zero-order valence-electron chi connectivity index (χ0n) is 14.3. The van der Waals surface area contributed by atoms with E-state index in [1.54, 1.807) is 55.1 Å². The van der Waals surface area contributed by atoms with Gasteiger partial charge in [0.1, 0.15) is 11.6 Å². The Balaban J connectivity index is 1.69. The molecule has 0 bridgehead atoms. The number of aromatic nitrogens is 3. The minimum absolute atomic E-state index is 0.0703. The van der Waals surface area contributed by atoms with Crippen molar-refractivity contribution in [2.75, 3.05) is 17.7 Å². The number of hydrogen-bond donors (Lipinski definition) is 2. The number of nitrogens with zero attached hydrogens (tertiary/aromatic N) is 3. The molecule has 2 amide bonds. The Bertz CT molecular complexity index is 1030. The van der Waals surface area contributed by atoms with E-state index >= 15 is 0 Å². The van der Waals surface area contributed by atoms with Crippen LogP contribution in [0.15, 0.2) is 36.5 Å². The summed E-state index contributed by atoms with van der Waals surface area (Å²) >= 11 is 0. The minimum Gasteiger partial charge on any atom is -0.497 e. The third-order valence-corrected chi connectivity index (χ3v) is 4.34. The first-order valence-electron chi connectivity index (χ1n) is 8.16. The lowest BCUT2D eigenvalue weighted by molar-refractivity contribution is -0.123. The van der Waals surface area contributed by atoms with Gasteiger partial charge in [0.15, 0.2) is 5.65 Å². The summed E-state index contributed by atoms with van der Waals surface area (Å²) in [5, 5.41) is 9.91. The van der Waals surface area contributed by atoms with Crippen molar-refractivity contribution < 1.29 is 14.3 Å². The quantitative estimate of drug-likeness (QED) is 0.753. The molecule has 0 saturated heterocycles. The fraction of sp³-hybridized carbons (Fsp3) is 0.222. The molecule has 8 heteroatoms. The van der Waals surface area contributed by atoms with Gasteiger partial charge in [-0.2, -0.15) is 5.10 Å². The molecule has 0 aliphatic carbocycles. The Morgan fingerprint density at radius 1 is 1.38 bits per heavy atom. The van der Waals surface area contributed by atoms with E-state index in [4.69, 9.17) is 4.74 Å². The van der Waals surface area contributed by atoms with Crippen LogP contribution in [-0.2, 0) is 9.59 Å². The van der Waals surface area contributed by atoms with E-state index in [2.05, 4.69) is 20.7 Å². The number of nitrogens with one attached hydrogen (secondary N) is 2. The van der Waals surface area contributed by atoms with Gasteiger partial charge in [-0.1, -0.05) is 0 Å². The first-order valence-corrected chi connectivity index (χ1v) is 8.16. The Morgan fingerprint density at radius 2 is 2.23 bits per heavy atom. The Labute approximate surface area is 149 Å². The number of benzene rings is 1. The number of amides is 2. The largest absolute Gasteiger partial charge is 0.497 e. The summed E-state index contributed by atoms with van der Waals surface area (Å²) in [5.41, 5.74) is 2.46. The molecule has 132 valence electrons. The molecule has 26 heavy (non-hydrogen) atoms. The molecular formula is C18H17N5O3. The summed E-state index contributed by atoms with van der Waals surface area (Å²) in [6, 6.07) is 8.81. The molecule has 0 spiro atoms. The molecule has 1 aromatic carbocycles. The van der Waals surface area contributed by atoms with Gasteiger partial charge in [-0.15, -0.1) is 0 Å². The highest BCUT2D eigenvalue weighted by Crippen LogP contribution is 2.35. The van der Waals surface area contributed by atoms with Gasteiger partial charge >= 0.3 is 0 Å². The molecule has 0 fully saturated rings. The SMILES string of the molecule is COc1ccc2c(c1)C(C(=O)Nc1cccn3nc(C)nc13)CC(=O)N2. The third-order valence-electron chi connectivity index (χ3n) is 4.34. The van der Waals surface area contributed by atoms with Gasteiger partial charge in [0.05, 0.1) is 18.7 Å². The molecule has 1 aliphatic heterocycles. The van der Waals surface area contributed by atoms with E-state index < -0.39 is 5.92 Å². The first-order chi connectivity index (χ1) is 12.5. The number of pyridine rings is 1. The van der Waals surface area contributed by atoms with E-state index in [1.165, 1.54) is 0 Å². The highest BCUT2D eigenvalue weighted by atomic mass is 16.5. The molecule has 2 N–H and O–H groups in total. The van der Waals surface area contributed by atoms with Crippen LogP contribution in [-0.4, -0.2) is 33.5 Å². The second-order valence-corrected chi connectivity index (χ2v) is 6.10. The molecule has 8 nitrogen and oxygen atoms in total. The van der Waals surface area contributed by atoms with Crippen LogP contribution in [0.5, 0.6) is 5.75 Å². The van der Waals surface area contributed by atoms with Crippen molar-refractivity contribution in [2.45, 2.75) is 19.3 Å². The van der Waals surface area contributed by atoms with Crippen LogP contribution < -0.4 is 15.4 Å². The summed E-state index contributed by atoms with van der Waals surface area (Å²) < 4.78 is 6.85. The van der Waals surface area contributed by atoms with Gasteiger partial charge in [0.25, 0.3) is 0 Å². The van der Waals surface area contributed by atoms with Crippen molar-refractivity contribution in [3.05, 3.63) is 47.9 Å². The number of methoxy groups -OCH3 is 1. The zero-order chi connectivity index (χ0) is 18.3. The molecular weight excluding hydrogens is 334 g/mol.